The molecule has 3 aliphatic rings. The first-order valence-corrected chi connectivity index (χ1v) is 17.9. The molecule has 3 atom stereocenters. The fourth-order valence-electron chi connectivity index (χ4n) is 7.07. The van der Waals surface area contributed by atoms with Gasteiger partial charge in [0, 0.05) is 47.9 Å². The maximum absolute atomic E-state index is 11.6. The van der Waals surface area contributed by atoms with Crippen LogP contribution in [0, 0.1) is 0 Å². The number of nitrogens with one attached hydrogen (secondary N) is 3. The SMILES string of the molecule is COc1nc(-c2cccc(-c3cccc4c3CC[C@@H]4Oc3nc(OC)c(CNC4(C(=O)O)CC4)cc3Cl)c2Cl)ccc1CNC[C@@H]1CCC(O)N1. The van der Waals surface area contributed by atoms with Crippen LogP contribution in [0.15, 0.2) is 54.6 Å². The van der Waals surface area contributed by atoms with Crippen LogP contribution in [0.5, 0.6) is 17.6 Å². The van der Waals surface area contributed by atoms with Gasteiger partial charge in [-0.05, 0) is 67.3 Å². The Morgan fingerprint density at radius 1 is 0.922 bits per heavy atom. The van der Waals surface area contributed by atoms with Crippen molar-refractivity contribution in [1.29, 1.82) is 0 Å². The number of carbonyl (C=O) groups is 1. The van der Waals surface area contributed by atoms with Crippen LogP contribution < -0.4 is 30.2 Å². The summed E-state index contributed by atoms with van der Waals surface area (Å²) in [6, 6.07) is 18.0. The fraction of sp³-hybridized carbons (Fsp3) is 0.395. The fourth-order valence-corrected chi connectivity index (χ4v) is 7.61. The molecule has 11 nitrogen and oxygen atoms in total. The average molecular weight is 735 g/mol. The summed E-state index contributed by atoms with van der Waals surface area (Å²) >= 11 is 13.8. The van der Waals surface area contributed by atoms with E-state index in [0.717, 1.165) is 65.6 Å². The monoisotopic (exact) mass is 733 g/mol. The Morgan fingerprint density at radius 2 is 1.67 bits per heavy atom. The first kappa shape index (κ1) is 35.4. The lowest BCUT2D eigenvalue weighted by Gasteiger charge is -2.19. The number of pyridine rings is 2. The Hall–Kier alpha value is -3.97. The Morgan fingerprint density at radius 3 is 2.39 bits per heavy atom. The molecule has 1 aliphatic heterocycles. The molecule has 51 heavy (non-hydrogen) atoms. The third kappa shape index (κ3) is 7.37. The van der Waals surface area contributed by atoms with E-state index in [1.54, 1.807) is 13.2 Å². The minimum absolute atomic E-state index is 0.237. The van der Waals surface area contributed by atoms with E-state index in [2.05, 4.69) is 33.1 Å². The number of halogens is 2. The van der Waals surface area contributed by atoms with Crippen molar-refractivity contribution in [2.45, 2.75) is 75.5 Å². The molecular formula is C38H41Cl2N5O6. The molecule has 268 valence electrons. The van der Waals surface area contributed by atoms with Crippen LogP contribution in [0.3, 0.4) is 0 Å². The van der Waals surface area contributed by atoms with Crippen LogP contribution in [-0.2, 0) is 24.3 Å². The van der Waals surface area contributed by atoms with Crippen LogP contribution >= 0.6 is 23.2 Å². The number of aliphatic carboxylic acids is 1. The highest BCUT2D eigenvalue weighted by atomic mass is 35.5. The van der Waals surface area contributed by atoms with Gasteiger partial charge >= 0.3 is 5.97 Å². The maximum Gasteiger partial charge on any atom is 0.323 e. The lowest BCUT2D eigenvalue weighted by molar-refractivity contribution is -0.140. The van der Waals surface area contributed by atoms with E-state index in [9.17, 15) is 15.0 Å². The van der Waals surface area contributed by atoms with Gasteiger partial charge in [0.1, 0.15) is 22.9 Å². The van der Waals surface area contributed by atoms with E-state index in [-0.39, 0.29) is 24.6 Å². The minimum atomic E-state index is -0.897. The third-order valence-electron chi connectivity index (χ3n) is 10.0. The van der Waals surface area contributed by atoms with Gasteiger partial charge in [0.25, 0.3) is 0 Å². The molecule has 2 aromatic carbocycles. The Bertz CT molecular complexity index is 1940. The number of carboxylic acid groups (broad SMARTS) is 1. The van der Waals surface area contributed by atoms with E-state index >= 15 is 0 Å². The molecule has 1 unspecified atom stereocenters. The van der Waals surface area contributed by atoms with Crippen molar-refractivity contribution in [2.24, 2.45) is 0 Å². The second-order valence-corrected chi connectivity index (χ2v) is 14.1. The topological polar surface area (TPSA) is 147 Å². The predicted molar refractivity (Wildman–Crippen MR) is 194 cm³/mol. The van der Waals surface area contributed by atoms with Crippen LogP contribution in [0.2, 0.25) is 10.0 Å². The van der Waals surface area contributed by atoms with Gasteiger partial charge < -0.3 is 29.7 Å². The van der Waals surface area contributed by atoms with Crippen molar-refractivity contribution in [1.82, 2.24) is 25.9 Å². The normalized spacial score (nSPS) is 20.2. The molecule has 0 spiro atoms. The Labute approximate surface area is 306 Å². The highest BCUT2D eigenvalue weighted by Crippen LogP contribution is 2.45. The molecule has 0 radical (unpaired) electrons. The Kier molecular flexibility index (Phi) is 10.4. The largest absolute Gasteiger partial charge is 0.481 e. The van der Waals surface area contributed by atoms with Gasteiger partial charge in [-0.1, -0.05) is 65.7 Å². The molecular weight excluding hydrogens is 693 g/mol. The molecule has 2 fully saturated rings. The lowest BCUT2D eigenvalue weighted by Crippen LogP contribution is -2.38. The molecule has 3 heterocycles. The molecule has 2 aliphatic carbocycles. The number of rotatable bonds is 14. The molecule has 0 amide bonds. The second kappa shape index (κ2) is 14.9. The van der Waals surface area contributed by atoms with Crippen molar-refractivity contribution < 1.29 is 29.2 Å². The molecule has 2 aromatic heterocycles. The number of methoxy groups -OCH3 is 2. The van der Waals surface area contributed by atoms with E-state index in [0.29, 0.717) is 52.4 Å². The predicted octanol–water partition coefficient (Wildman–Crippen LogP) is 6.07. The maximum atomic E-state index is 11.6. The highest BCUT2D eigenvalue weighted by Gasteiger charge is 2.50. The number of fused-ring (bicyclic) bond motifs is 1. The van der Waals surface area contributed by atoms with Gasteiger partial charge in [-0.2, -0.15) is 4.98 Å². The molecule has 4 aromatic rings. The van der Waals surface area contributed by atoms with E-state index in [4.69, 9.17) is 42.4 Å². The second-order valence-electron chi connectivity index (χ2n) is 13.3. The van der Waals surface area contributed by atoms with Crippen molar-refractivity contribution in [3.8, 4) is 40.0 Å². The van der Waals surface area contributed by atoms with Crippen LogP contribution in [0.1, 0.15) is 60.5 Å². The molecule has 1 saturated carbocycles. The van der Waals surface area contributed by atoms with E-state index in [1.807, 2.05) is 36.4 Å². The van der Waals surface area contributed by atoms with Crippen LogP contribution in [0.25, 0.3) is 22.4 Å². The average Bonchev–Trinajstić information content (AvgIpc) is 3.66. The zero-order valence-corrected chi connectivity index (χ0v) is 30.0. The van der Waals surface area contributed by atoms with Crippen molar-refractivity contribution in [2.75, 3.05) is 20.8 Å². The summed E-state index contributed by atoms with van der Waals surface area (Å²) in [5.41, 5.74) is 6.30. The summed E-state index contributed by atoms with van der Waals surface area (Å²) < 4.78 is 17.6. The zero-order chi connectivity index (χ0) is 35.7. The van der Waals surface area contributed by atoms with Crippen LogP contribution in [0.4, 0.5) is 0 Å². The van der Waals surface area contributed by atoms with Gasteiger partial charge in [-0.3, -0.25) is 15.4 Å². The number of carboxylic acids is 1. The molecule has 5 N–H and O–H groups in total. The summed E-state index contributed by atoms with van der Waals surface area (Å²) in [7, 11) is 3.13. The van der Waals surface area contributed by atoms with E-state index < -0.39 is 17.7 Å². The summed E-state index contributed by atoms with van der Waals surface area (Å²) in [6.07, 6.45) is 3.63. The van der Waals surface area contributed by atoms with Gasteiger partial charge in [0.05, 0.1) is 24.9 Å². The van der Waals surface area contributed by atoms with Crippen LogP contribution in [-0.4, -0.2) is 64.7 Å². The third-order valence-corrected chi connectivity index (χ3v) is 10.7. The van der Waals surface area contributed by atoms with E-state index in [1.165, 1.54) is 7.11 Å². The summed E-state index contributed by atoms with van der Waals surface area (Å²) in [4.78, 5) is 21.0. The number of hydrogen-bond acceptors (Lipinski definition) is 10. The quantitative estimate of drug-likeness (QED) is 0.103. The highest BCUT2D eigenvalue weighted by molar-refractivity contribution is 6.36. The number of ether oxygens (including phenoxy) is 3. The van der Waals surface area contributed by atoms with Gasteiger partial charge in [0.15, 0.2) is 0 Å². The minimum Gasteiger partial charge on any atom is -0.481 e. The number of benzene rings is 2. The van der Waals surface area contributed by atoms with Gasteiger partial charge in [0.2, 0.25) is 17.6 Å². The smallest absolute Gasteiger partial charge is 0.323 e. The number of aliphatic hydroxyl groups excluding tert-OH is 1. The molecule has 1 saturated heterocycles. The van der Waals surface area contributed by atoms with Crippen molar-refractivity contribution in [3.05, 3.63) is 86.9 Å². The van der Waals surface area contributed by atoms with Gasteiger partial charge in [-0.25, -0.2) is 4.98 Å². The van der Waals surface area contributed by atoms with Crippen molar-refractivity contribution in [3.63, 3.8) is 0 Å². The number of aliphatic hydroxyl groups is 1. The standard InChI is InChI=1S/C38H41Cl2N5O6/c1-49-34-21(18-41-20-23-10-14-32(46)43-23)9-12-30(44-34)28-8-4-7-27(33(28)40)24-5-3-6-26-25(24)11-13-31(26)51-36-29(39)17-22(35(45-36)50-2)19-42-38(15-16-38)37(47)48/h3-9,12,17,23,31-32,41-43,46H,10-11,13-16,18-20H2,1-2H3,(H,47,48)/t23-,31-,32?/m0/s1. The molecule has 13 heteroatoms. The first-order chi connectivity index (χ1) is 24.7. The number of nitrogens with zero attached hydrogens (tertiary/aromatic N) is 2. The molecule has 0 bridgehead atoms. The summed E-state index contributed by atoms with van der Waals surface area (Å²) in [6.45, 7) is 1.58. The zero-order valence-electron chi connectivity index (χ0n) is 28.5. The van der Waals surface area contributed by atoms with Crippen molar-refractivity contribution >= 4 is 29.2 Å². The first-order valence-electron chi connectivity index (χ1n) is 17.2. The summed E-state index contributed by atoms with van der Waals surface area (Å²) in [5.74, 6) is 0.253. The number of hydrogen-bond donors (Lipinski definition) is 5. The lowest BCUT2D eigenvalue weighted by atomic mass is 9.94. The van der Waals surface area contributed by atoms with Gasteiger partial charge in [-0.15, -0.1) is 0 Å². The Balaban J connectivity index is 1.09. The molecule has 7 rings (SSSR count). The number of aromatic nitrogens is 2. The summed E-state index contributed by atoms with van der Waals surface area (Å²) in [5, 5.41) is 29.9.